The van der Waals surface area contributed by atoms with Crippen LogP contribution in [0, 0.1) is 13.8 Å². The molecule has 140 valence electrons. The lowest BCUT2D eigenvalue weighted by Crippen LogP contribution is -2.44. The first-order valence-electron chi connectivity index (χ1n) is 8.31. The summed E-state index contributed by atoms with van der Waals surface area (Å²) < 4.78 is 38.6. The number of ether oxygens (including phenoxy) is 1. The number of sulfonamides is 1. The standard InChI is InChI=1S/C17H21N3O5S/c1-11-10-13(15(21)24-3)6-7-14(11)26(22,23)20-17(8-4-5-9-17)16-18-12(2)25-19-16/h6-7,10,20H,4-5,8-9H2,1-3H3. The Labute approximate surface area is 152 Å². The lowest BCUT2D eigenvalue weighted by atomic mass is 9.98. The first kappa shape index (κ1) is 18.5. The number of rotatable bonds is 5. The van der Waals surface area contributed by atoms with Crippen LogP contribution in [0.1, 0.15) is 53.3 Å². The SMILES string of the molecule is COC(=O)c1ccc(S(=O)(=O)NC2(c3noc(C)n3)CCCC2)c(C)c1. The molecule has 1 aliphatic rings. The fraction of sp³-hybridized carbons (Fsp3) is 0.471. The minimum Gasteiger partial charge on any atom is -0.465 e. The molecule has 1 heterocycles. The van der Waals surface area contributed by atoms with Crippen molar-refractivity contribution in [1.82, 2.24) is 14.9 Å². The van der Waals surface area contributed by atoms with Crippen molar-refractivity contribution in [2.75, 3.05) is 7.11 Å². The molecule has 8 nitrogen and oxygen atoms in total. The second-order valence-corrected chi connectivity index (χ2v) is 8.15. The molecule has 0 radical (unpaired) electrons. The highest BCUT2D eigenvalue weighted by molar-refractivity contribution is 7.89. The number of aryl methyl sites for hydroxylation is 2. The fourth-order valence-electron chi connectivity index (χ4n) is 3.35. The van der Waals surface area contributed by atoms with Gasteiger partial charge in [0, 0.05) is 6.92 Å². The molecule has 1 aromatic heterocycles. The van der Waals surface area contributed by atoms with E-state index in [1.807, 2.05) is 0 Å². The summed E-state index contributed by atoms with van der Waals surface area (Å²) in [6, 6.07) is 4.35. The van der Waals surface area contributed by atoms with Crippen molar-refractivity contribution in [2.24, 2.45) is 0 Å². The molecule has 0 atom stereocenters. The van der Waals surface area contributed by atoms with Gasteiger partial charge in [-0.15, -0.1) is 0 Å². The number of hydrogen-bond acceptors (Lipinski definition) is 7. The van der Waals surface area contributed by atoms with Crippen LogP contribution in [0.5, 0.6) is 0 Å². The summed E-state index contributed by atoms with van der Waals surface area (Å²) in [5.74, 6) is 0.239. The summed E-state index contributed by atoms with van der Waals surface area (Å²) >= 11 is 0. The highest BCUT2D eigenvalue weighted by Crippen LogP contribution is 2.38. The zero-order valence-electron chi connectivity index (χ0n) is 14.9. The van der Waals surface area contributed by atoms with Gasteiger partial charge in [0.15, 0.2) is 5.82 Å². The lowest BCUT2D eigenvalue weighted by Gasteiger charge is -2.26. The molecule has 0 unspecified atom stereocenters. The zero-order chi connectivity index (χ0) is 18.9. The van der Waals surface area contributed by atoms with E-state index >= 15 is 0 Å². The van der Waals surface area contributed by atoms with Gasteiger partial charge in [0.25, 0.3) is 0 Å². The van der Waals surface area contributed by atoms with Gasteiger partial charge in [0.05, 0.1) is 23.1 Å². The molecule has 0 aliphatic heterocycles. The molecule has 1 aromatic carbocycles. The van der Waals surface area contributed by atoms with Crippen LogP contribution in [0.2, 0.25) is 0 Å². The summed E-state index contributed by atoms with van der Waals surface area (Å²) in [4.78, 5) is 16.0. The zero-order valence-corrected chi connectivity index (χ0v) is 15.7. The van der Waals surface area contributed by atoms with E-state index in [1.165, 1.54) is 25.3 Å². The number of aromatic nitrogens is 2. The third-order valence-electron chi connectivity index (χ3n) is 4.63. The van der Waals surface area contributed by atoms with Crippen molar-refractivity contribution in [3.05, 3.63) is 41.0 Å². The van der Waals surface area contributed by atoms with Crippen LogP contribution in [0.3, 0.4) is 0 Å². The fourth-order valence-corrected chi connectivity index (χ4v) is 5.00. The summed E-state index contributed by atoms with van der Waals surface area (Å²) in [5.41, 5.74) is -0.115. The summed E-state index contributed by atoms with van der Waals surface area (Å²) in [5, 5.41) is 3.94. The Morgan fingerprint density at radius 2 is 1.96 bits per heavy atom. The molecule has 0 amide bonds. The Bertz CT molecular complexity index is 930. The first-order valence-corrected chi connectivity index (χ1v) is 9.79. The Kier molecular flexibility index (Phi) is 4.85. The Hall–Kier alpha value is -2.26. The van der Waals surface area contributed by atoms with Crippen LogP contribution in [-0.4, -0.2) is 31.6 Å². The molecule has 0 saturated heterocycles. The van der Waals surface area contributed by atoms with E-state index in [1.54, 1.807) is 13.8 Å². The van der Waals surface area contributed by atoms with Crippen molar-refractivity contribution in [1.29, 1.82) is 0 Å². The van der Waals surface area contributed by atoms with E-state index in [4.69, 9.17) is 4.52 Å². The maximum absolute atomic E-state index is 13.0. The van der Waals surface area contributed by atoms with Gasteiger partial charge >= 0.3 is 5.97 Å². The van der Waals surface area contributed by atoms with Gasteiger partial charge in [-0.2, -0.15) is 9.71 Å². The number of esters is 1. The number of benzene rings is 1. The first-order chi connectivity index (χ1) is 12.3. The highest BCUT2D eigenvalue weighted by Gasteiger charge is 2.43. The molecule has 0 spiro atoms. The van der Waals surface area contributed by atoms with Gasteiger partial charge in [-0.05, 0) is 43.5 Å². The van der Waals surface area contributed by atoms with E-state index in [2.05, 4.69) is 19.6 Å². The minimum absolute atomic E-state index is 0.108. The van der Waals surface area contributed by atoms with E-state index in [0.717, 1.165) is 12.8 Å². The van der Waals surface area contributed by atoms with Crippen LogP contribution in [-0.2, 0) is 20.3 Å². The highest BCUT2D eigenvalue weighted by atomic mass is 32.2. The quantitative estimate of drug-likeness (QED) is 0.793. The number of nitrogens with one attached hydrogen (secondary N) is 1. The molecule has 1 saturated carbocycles. The average Bonchev–Trinajstić information content (AvgIpc) is 3.23. The molecule has 1 fully saturated rings. The molecular weight excluding hydrogens is 358 g/mol. The van der Waals surface area contributed by atoms with E-state index in [-0.39, 0.29) is 4.90 Å². The molecule has 1 N–H and O–H groups in total. The summed E-state index contributed by atoms with van der Waals surface area (Å²) in [7, 11) is -2.57. The van der Waals surface area contributed by atoms with Crippen LogP contribution in [0.25, 0.3) is 0 Å². The maximum Gasteiger partial charge on any atom is 0.337 e. The number of carbonyl (C=O) groups is 1. The van der Waals surface area contributed by atoms with Gasteiger partial charge in [0.2, 0.25) is 15.9 Å². The van der Waals surface area contributed by atoms with Crippen molar-refractivity contribution in [2.45, 2.75) is 50.0 Å². The largest absolute Gasteiger partial charge is 0.465 e. The van der Waals surface area contributed by atoms with Crippen LogP contribution < -0.4 is 4.72 Å². The molecule has 2 aromatic rings. The van der Waals surface area contributed by atoms with E-state index in [0.29, 0.717) is 35.7 Å². The van der Waals surface area contributed by atoms with E-state index < -0.39 is 21.5 Å². The maximum atomic E-state index is 13.0. The second kappa shape index (κ2) is 6.81. The Balaban J connectivity index is 1.96. The predicted octanol–water partition coefficient (Wildman–Crippen LogP) is 2.22. The van der Waals surface area contributed by atoms with Crippen molar-refractivity contribution in [3.63, 3.8) is 0 Å². The van der Waals surface area contributed by atoms with Crippen molar-refractivity contribution in [3.8, 4) is 0 Å². The summed E-state index contributed by atoms with van der Waals surface area (Å²) in [6.45, 7) is 3.31. The number of hydrogen-bond donors (Lipinski definition) is 1. The number of methoxy groups -OCH3 is 1. The van der Waals surface area contributed by atoms with Gasteiger partial charge in [-0.3, -0.25) is 0 Å². The normalized spacial score (nSPS) is 16.6. The van der Waals surface area contributed by atoms with Crippen molar-refractivity contribution >= 4 is 16.0 Å². The Morgan fingerprint density at radius 1 is 1.27 bits per heavy atom. The monoisotopic (exact) mass is 379 g/mol. The average molecular weight is 379 g/mol. The third-order valence-corrected chi connectivity index (χ3v) is 6.32. The van der Waals surface area contributed by atoms with Crippen LogP contribution >= 0.6 is 0 Å². The molecule has 26 heavy (non-hydrogen) atoms. The summed E-state index contributed by atoms with van der Waals surface area (Å²) in [6.07, 6.45) is 2.95. The molecule has 3 rings (SSSR count). The van der Waals surface area contributed by atoms with Crippen LogP contribution in [0.15, 0.2) is 27.6 Å². The van der Waals surface area contributed by atoms with Crippen molar-refractivity contribution < 1.29 is 22.5 Å². The molecular formula is C17H21N3O5S. The van der Waals surface area contributed by atoms with Gasteiger partial charge < -0.3 is 9.26 Å². The smallest absolute Gasteiger partial charge is 0.337 e. The Morgan fingerprint density at radius 3 is 2.50 bits per heavy atom. The van der Waals surface area contributed by atoms with Crippen LogP contribution in [0.4, 0.5) is 0 Å². The van der Waals surface area contributed by atoms with Gasteiger partial charge in [0.1, 0.15) is 0 Å². The lowest BCUT2D eigenvalue weighted by molar-refractivity contribution is 0.0600. The molecule has 0 bridgehead atoms. The second-order valence-electron chi connectivity index (χ2n) is 6.50. The van der Waals surface area contributed by atoms with E-state index in [9.17, 15) is 13.2 Å². The molecule has 9 heteroatoms. The minimum atomic E-state index is -3.84. The van der Waals surface area contributed by atoms with Gasteiger partial charge in [-0.1, -0.05) is 18.0 Å². The van der Waals surface area contributed by atoms with Gasteiger partial charge in [-0.25, -0.2) is 13.2 Å². The number of nitrogens with zero attached hydrogens (tertiary/aromatic N) is 2. The number of carbonyl (C=O) groups excluding carboxylic acids is 1. The third kappa shape index (κ3) is 3.36. The predicted molar refractivity (Wildman–Crippen MR) is 92.0 cm³/mol. The topological polar surface area (TPSA) is 111 Å². The molecule has 1 aliphatic carbocycles.